The molecule has 0 aliphatic rings. The Hall–Kier alpha value is -0.0431. The summed E-state index contributed by atoms with van der Waals surface area (Å²) in [6.07, 6.45) is 0. The highest BCUT2D eigenvalue weighted by Crippen LogP contribution is 2.18. The second-order valence-electron chi connectivity index (χ2n) is 4.01. The summed E-state index contributed by atoms with van der Waals surface area (Å²) in [5, 5.41) is 0.0169. The van der Waals surface area contributed by atoms with Gasteiger partial charge in [-0.15, -0.1) is 0 Å². The normalized spacial score (nSPS) is 11.9. The summed E-state index contributed by atoms with van der Waals surface area (Å²) in [5.74, 6) is -2.61. The first-order valence-corrected chi connectivity index (χ1v) is 8.58. The van der Waals surface area contributed by atoms with Gasteiger partial charge in [0, 0.05) is 5.19 Å². The van der Waals surface area contributed by atoms with E-state index in [9.17, 15) is 13.2 Å². The average Bonchev–Trinajstić information content (AvgIpc) is 1.97. The first-order valence-electron chi connectivity index (χ1n) is 4.01. The maximum Gasteiger partial charge on any atom is 0.150 e. The van der Waals surface area contributed by atoms with Crippen molar-refractivity contribution in [1.29, 1.82) is 0 Å². The highest BCUT2D eigenvalue weighted by molar-refractivity contribution is 14.1. The van der Waals surface area contributed by atoms with Crippen molar-refractivity contribution < 1.29 is 13.2 Å². The van der Waals surface area contributed by atoms with Crippen LogP contribution in [0.25, 0.3) is 0 Å². The highest BCUT2D eigenvalue weighted by atomic mass is 127. The van der Waals surface area contributed by atoms with E-state index >= 15 is 0 Å². The lowest BCUT2D eigenvalue weighted by Gasteiger charge is -2.18. The van der Waals surface area contributed by atoms with Gasteiger partial charge >= 0.3 is 0 Å². The molecule has 5 heteroatoms. The van der Waals surface area contributed by atoms with Gasteiger partial charge in [0.05, 0.1) is 17.7 Å². The fraction of sp³-hybridized carbons (Fsp3) is 0.333. The summed E-state index contributed by atoms with van der Waals surface area (Å²) < 4.78 is 39.5. The summed E-state index contributed by atoms with van der Waals surface area (Å²) in [6, 6.07) is 1.91. The van der Waals surface area contributed by atoms with Crippen LogP contribution in [0.4, 0.5) is 13.2 Å². The molecular formula is C9H9F3ISi. The van der Waals surface area contributed by atoms with Crippen LogP contribution in [0.1, 0.15) is 0 Å². The van der Waals surface area contributed by atoms with Crippen molar-refractivity contribution in [3.05, 3.63) is 27.1 Å². The van der Waals surface area contributed by atoms with E-state index in [0.29, 0.717) is 0 Å². The van der Waals surface area contributed by atoms with Crippen molar-refractivity contribution in [2.75, 3.05) is 0 Å². The van der Waals surface area contributed by atoms with Crippen LogP contribution >= 0.6 is 22.6 Å². The lowest BCUT2D eigenvalue weighted by atomic mass is 10.3. The standard InChI is InChI=1S/C9H9F3ISi/c1-14(2,3)9-6(11)4-5(10)8(13)7(9)12/h1-3H3. The summed E-state index contributed by atoms with van der Waals surface area (Å²) >= 11 is 1.53. The smallest absolute Gasteiger partial charge is 0.150 e. The Balaban J connectivity index is 3.53. The summed E-state index contributed by atoms with van der Waals surface area (Å²) in [7, 11) is -2.13. The van der Waals surface area contributed by atoms with Crippen LogP contribution < -0.4 is 5.19 Å². The molecule has 0 unspecified atom stereocenters. The Kier molecular flexibility index (Phi) is 3.30. The first kappa shape index (κ1) is 12.0. The van der Waals surface area contributed by atoms with Gasteiger partial charge in [0.2, 0.25) is 0 Å². The van der Waals surface area contributed by atoms with Crippen molar-refractivity contribution in [2.24, 2.45) is 0 Å². The molecule has 0 aliphatic heterocycles. The predicted octanol–water partition coefficient (Wildman–Crippen LogP) is 3.05. The minimum absolute atomic E-state index is 0.0169. The molecule has 0 heterocycles. The van der Waals surface area contributed by atoms with Crippen LogP contribution in [-0.2, 0) is 0 Å². The van der Waals surface area contributed by atoms with E-state index in [0.717, 1.165) is 0 Å². The van der Waals surface area contributed by atoms with Crippen LogP contribution in [0.15, 0.2) is 0 Å². The molecule has 1 aromatic carbocycles. The molecule has 1 aromatic rings. The molecule has 0 N–H and O–H groups in total. The molecule has 0 fully saturated rings. The number of hydrogen-bond acceptors (Lipinski definition) is 0. The maximum atomic E-state index is 13.5. The van der Waals surface area contributed by atoms with Crippen molar-refractivity contribution in [3.63, 3.8) is 0 Å². The van der Waals surface area contributed by atoms with Crippen LogP contribution in [0.3, 0.4) is 0 Å². The van der Waals surface area contributed by atoms with Crippen molar-refractivity contribution in [2.45, 2.75) is 19.6 Å². The molecule has 0 saturated carbocycles. The lowest BCUT2D eigenvalue weighted by Crippen LogP contribution is -2.43. The largest absolute Gasteiger partial charge is 0.206 e. The minimum Gasteiger partial charge on any atom is -0.206 e. The van der Waals surface area contributed by atoms with Crippen LogP contribution in [0.2, 0.25) is 19.6 Å². The molecular weight excluding hydrogens is 320 g/mol. The second kappa shape index (κ2) is 3.84. The van der Waals surface area contributed by atoms with Gasteiger partial charge in [0.15, 0.2) is 0 Å². The Morgan fingerprint density at radius 3 is 2.00 bits per heavy atom. The Morgan fingerprint density at radius 2 is 1.57 bits per heavy atom. The fourth-order valence-electron chi connectivity index (χ4n) is 1.17. The molecule has 0 atom stereocenters. The van der Waals surface area contributed by atoms with Crippen molar-refractivity contribution >= 4 is 35.9 Å². The van der Waals surface area contributed by atoms with Gasteiger partial charge in [-0.05, 0) is 22.6 Å². The van der Waals surface area contributed by atoms with Gasteiger partial charge in [-0.25, -0.2) is 13.2 Å². The Labute approximate surface area is 95.7 Å². The van der Waals surface area contributed by atoms with Crippen LogP contribution in [0, 0.1) is 27.1 Å². The van der Waals surface area contributed by atoms with E-state index in [1.165, 1.54) is 22.6 Å². The Morgan fingerprint density at radius 1 is 1.07 bits per heavy atom. The SMILES string of the molecule is C[Si](C)(C)c1c(F)[c]c(F)c(I)c1F. The van der Waals surface area contributed by atoms with Gasteiger partial charge < -0.3 is 0 Å². The molecule has 0 saturated heterocycles. The van der Waals surface area contributed by atoms with E-state index in [1.807, 2.05) is 6.07 Å². The number of halogens is 4. The van der Waals surface area contributed by atoms with E-state index in [-0.39, 0.29) is 8.76 Å². The molecule has 1 radical (unpaired) electrons. The van der Waals surface area contributed by atoms with Crippen molar-refractivity contribution in [1.82, 2.24) is 0 Å². The molecule has 0 spiro atoms. The minimum atomic E-state index is -2.13. The summed E-state index contributed by atoms with van der Waals surface area (Å²) in [5.41, 5.74) is 0. The summed E-state index contributed by atoms with van der Waals surface area (Å²) in [4.78, 5) is 0. The van der Waals surface area contributed by atoms with E-state index in [4.69, 9.17) is 0 Å². The van der Waals surface area contributed by atoms with E-state index < -0.39 is 25.5 Å². The van der Waals surface area contributed by atoms with Crippen LogP contribution in [0.5, 0.6) is 0 Å². The average molecular weight is 329 g/mol. The quantitative estimate of drug-likeness (QED) is 0.322. The predicted molar refractivity (Wildman–Crippen MR) is 60.8 cm³/mol. The Bertz CT molecular complexity index is 371. The first-order chi connectivity index (χ1) is 6.25. The second-order valence-corrected chi connectivity index (χ2v) is 10.1. The zero-order valence-corrected chi connectivity index (χ0v) is 11.2. The molecule has 0 aliphatic carbocycles. The third-order valence-electron chi connectivity index (χ3n) is 1.79. The molecule has 77 valence electrons. The zero-order chi connectivity index (χ0) is 11.1. The third-order valence-corrected chi connectivity index (χ3v) is 4.68. The number of rotatable bonds is 1. The lowest BCUT2D eigenvalue weighted by molar-refractivity contribution is 0.540. The number of hydrogen-bond donors (Lipinski definition) is 0. The number of benzene rings is 1. The van der Waals surface area contributed by atoms with Gasteiger partial charge in [-0.1, -0.05) is 19.6 Å². The molecule has 14 heavy (non-hydrogen) atoms. The maximum absolute atomic E-state index is 13.5. The van der Waals surface area contributed by atoms with Crippen LogP contribution in [-0.4, -0.2) is 8.07 Å². The van der Waals surface area contributed by atoms with Gasteiger partial charge in [0.1, 0.15) is 17.5 Å². The highest BCUT2D eigenvalue weighted by Gasteiger charge is 2.28. The third kappa shape index (κ3) is 2.13. The monoisotopic (exact) mass is 329 g/mol. The molecule has 0 bridgehead atoms. The van der Waals surface area contributed by atoms with Gasteiger partial charge in [0.25, 0.3) is 0 Å². The molecule has 0 amide bonds. The van der Waals surface area contributed by atoms with E-state index in [2.05, 4.69) is 0 Å². The molecule has 1 rings (SSSR count). The fourth-order valence-corrected chi connectivity index (χ4v) is 3.34. The molecule has 0 aromatic heterocycles. The zero-order valence-electron chi connectivity index (χ0n) is 8.01. The topological polar surface area (TPSA) is 0 Å². The van der Waals surface area contributed by atoms with E-state index in [1.54, 1.807) is 19.6 Å². The molecule has 0 nitrogen and oxygen atoms in total. The van der Waals surface area contributed by atoms with Crippen molar-refractivity contribution in [3.8, 4) is 0 Å². The summed E-state index contributed by atoms with van der Waals surface area (Å²) in [6.45, 7) is 5.41. The van der Waals surface area contributed by atoms with Gasteiger partial charge in [-0.3, -0.25) is 0 Å². The van der Waals surface area contributed by atoms with Gasteiger partial charge in [-0.2, -0.15) is 0 Å².